The van der Waals surface area contributed by atoms with E-state index in [2.05, 4.69) is 14.4 Å². The summed E-state index contributed by atoms with van der Waals surface area (Å²) in [7, 11) is -6.32. The molecule has 1 aromatic carbocycles. The van der Waals surface area contributed by atoms with Crippen LogP contribution in [0.15, 0.2) is 51.0 Å². The summed E-state index contributed by atoms with van der Waals surface area (Å²) in [5.74, 6) is 0.850. The number of hydrogen-bond acceptors (Lipinski definition) is 8. The molecule has 0 radical (unpaired) electrons. The molecular formula is C18H16Cl2N4O5S3. The van der Waals surface area contributed by atoms with Crippen LogP contribution in [0.4, 0.5) is 17.2 Å². The van der Waals surface area contributed by atoms with E-state index in [1.54, 1.807) is 11.4 Å². The van der Waals surface area contributed by atoms with Crippen molar-refractivity contribution in [3.05, 3.63) is 52.0 Å². The molecule has 0 amide bonds. The Morgan fingerprint density at radius 1 is 1.06 bits per heavy atom. The van der Waals surface area contributed by atoms with E-state index in [4.69, 9.17) is 27.9 Å². The number of nitrogens with one attached hydrogen (secondary N) is 2. The van der Waals surface area contributed by atoms with Gasteiger partial charge in [-0.3, -0.25) is 9.44 Å². The number of thiophene rings is 1. The molecular weight excluding hydrogens is 519 g/mol. The number of rotatable bonds is 6. The molecule has 0 unspecified atom stereocenters. The van der Waals surface area contributed by atoms with Crippen LogP contribution in [0.3, 0.4) is 0 Å². The van der Waals surface area contributed by atoms with E-state index >= 15 is 0 Å². The van der Waals surface area contributed by atoms with Gasteiger partial charge in [0.15, 0.2) is 11.6 Å². The maximum atomic E-state index is 13.0. The lowest BCUT2D eigenvalue weighted by molar-refractivity contribution is 0.308. The number of ether oxygens (including phenoxy) is 1. The minimum absolute atomic E-state index is 0.0389. The van der Waals surface area contributed by atoms with Crippen molar-refractivity contribution in [1.29, 1.82) is 0 Å². The lowest BCUT2D eigenvalue weighted by Crippen LogP contribution is -2.30. The highest BCUT2D eigenvalue weighted by atomic mass is 35.5. The molecule has 1 aliphatic rings. The van der Waals surface area contributed by atoms with Gasteiger partial charge in [-0.1, -0.05) is 29.3 Å². The molecule has 4 rings (SSSR count). The highest BCUT2D eigenvalue weighted by Crippen LogP contribution is 2.36. The van der Waals surface area contributed by atoms with Gasteiger partial charge in [0, 0.05) is 13.1 Å². The van der Waals surface area contributed by atoms with Gasteiger partial charge in [-0.05, 0) is 23.6 Å². The van der Waals surface area contributed by atoms with Crippen LogP contribution in [0.25, 0.3) is 0 Å². The smallest absolute Gasteiger partial charge is 0.271 e. The van der Waals surface area contributed by atoms with Gasteiger partial charge in [-0.15, -0.1) is 11.3 Å². The number of fused-ring (bicyclic) bond motifs is 1. The van der Waals surface area contributed by atoms with Crippen LogP contribution in [-0.4, -0.2) is 42.0 Å². The van der Waals surface area contributed by atoms with Crippen molar-refractivity contribution in [2.75, 3.05) is 34.5 Å². The average molecular weight is 535 g/mol. The summed E-state index contributed by atoms with van der Waals surface area (Å²) in [5.41, 5.74) is -0.187. The van der Waals surface area contributed by atoms with E-state index in [9.17, 15) is 16.8 Å². The zero-order chi connectivity index (χ0) is 23.1. The molecule has 0 fully saturated rings. The Morgan fingerprint density at radius 3 is 2.34 bits per heavy atom. The second-order valence-electron chi connectivity index (χ2n) is 6.72. The zero-order valence-electron chi connectivity index (χ0n) is 16.4. The first-order valence-electron chi connectivity index (χ1n) is 8.99. The topological polar surface area (TPSA) is 118 Å². The third-order valence-electron chi connectivity index (χ3n) is 4.47. The standard InChI is InChI=1S/C18H16Cl2N4O5S3/c1-24-4-5-29-16-7-11(10-21-18(16)24)31(25,26)22-14-8-12(19)13(20)9-15(14)23-32(27,28)17-3-2-6-30-17/h2-3,6-10,22-23H,4-5H2,1H3. The summed E-state index contributed by atoms with van der Waals surface area (Å²) in [6.45, 7) is 1.02. The van der Waals surface area contributed by atoms with Crippen LogP contribution in [0.5, 0.6) is 5.75 Å². The summed E-state index contributed by atoms with van der Waals surface area (Å²) in [5, 5.41) is 1.69. The van der Waals surface area contributed by atoms with Crippen molar-refractivity contribution in [3.8, 4) is 5.75 Å². The number of anilines is 3. The second-order valence-corrected chi connectivity index (χ2v) is 12.1. The molecule has 9 nitrogen and oxygen atoms in total. The third-order valence-corrected chi connectivity index (χ3v) is 9.29. The molecule has 0 bridgehead atoms. The summed E-state index contributed by atoms with van der Waals surface area (Å²) >= 11 is 13.1. The molecule has 0 spiro atoms. The molecule has 0 aliphatic carbocycles. The predicted molar refractivity (Wildman–Crippen MR) is 125 cm³/mol. The maximum absolute atomic E-state index is 13.0. The van der Waals surface area contributed by atoms with Crippen LogP contribution in [0, 0.1) is 0 Å². The fourth-order valence-corrected chi connectivity index (χ4v) is 6.31. The molecule has 2 aromatic heterocycles. The van der Waals surface area contributed by atoms with E-state index in [1.165, 1.54) is 30.5 Å². The lowest BCUT2D eigenvalue weighted by Gasteiger charge is -2.26. The molecule has 170 valence electrons. The molecule has 3 heterocycles. The first-order chi connectivity index (χ1) is 15.1. The SMILES string of the molecule is CN1CCOc2cc(S(=O)(=O)Nc3cc(Cl)c(Cl)cc3NS(=O)(=O)c3cccs3)cnc21. The number of nitrogens with zero attached hydrogens (tertiary/aromatic N) is 2. The van der Waals surface area contributed by atoms with Crippen LogP contribution >= 0.6 is 34.5 Å². The normalized spacial score (nSPS) is 13.9. The average Bonchev–Trinajstić information content (AvgIpc) is 3.27. The maximum Gasteiger partial charge on any atom is 0.271 e. The molecule has 0 saturated carbocycles. The van der Waals surface area contributed by atoms with Crippen molar-refractivity contribution >= 4 is 71.8 Å². The fourth-order valence-electron chi connectivity index (χ4n) is 2.89. The first kappa shape index (κ1) is 22.9. The summed E-state index contributed by atoms with van der Waals surface area (Å²) in [4.78, 5) is 5.86. The van der Waals surface area contributed by atoms with Crippen LogP contribution in [0.1, 0.15) is 0 Å². The Bertz CT molecular complexity index is 1380. The minimum Gasteiger partial charge on any atom is -0.488 e. The van der Waals surface area contributed by atoms with E-state index in [0.29, 0.717) is 24.7 Å². The number of halogens is 2. The molecule has 14 heteroatoms. The number of pyridine rings is 1. The monoisotopic (exact) mass is 534 g/mol. The van der Waals surface area contributed by atoms with E-state index in [1.807, 2.05) is 11.9 Å². The van der Waals surface area contributed by atoms with Gasteiger partial charge in [0.1, 0.15) is 15.7 Å². The molecule has 2 N–H and O–H groups in total. The van der Waals surface area contributed by atoms with Crippen molar-refractivity contribution in [1.82, 2.24) is 4.98 Å². The van der Waals surface area contributed by atoms with Gasteiger partial charge in [-0.2, -0.15) is 0 Å². The molecule has 0 saturated heterocycles. The highest BCUT2D eigenvalue weighted by molar-refractivity contribution is 7.94. The van der Waals surface area contributed by atoms with E-state index in [0.717, 1.165) is 11.3 Å². The number of aromatic nitrogens is 1. The number of likely N-dealkylation sites (N-methyl/N-ethyl adjacent to an activating group) is 1. The van der Waals surface area contributed by atoms with Crippen molar-refractivity contribution in [3.63, 3.8) is 0 Å². The Hall–Kier alpha value is -2.25. The molecule has 0 atom stereocenters. The molecule has 3 aromatic rings. The lowest BCUT2D eigenvalue weighted by atomic mass is 10.3. The van der Waals surface area contributed by atoms with Gasteiger partial charge in [0.25, 0.3) is 20.0 Å². The molecule has 1 aliphatic heterocycles. The Morgan fingerprint density at radius 2 is 1.72 bits per heavy atom. The summed E-state index contributed by atoms with van der Waals surface area (Å²) in [6.07, 6.45) is 1.19. The minimum atomic E-state index is -4.17. The van der Waals surface area contributed by atoms with Crippen molar-refractivity contribution in [2.24, 2.45) is 0 Å². The summed E-state index contributed by atoms with van der Waals surface area (Å²) < 4.78 is 61.7. The predicted octanol–water partition coefficient (Wildman–Crippen LogP) is 3.88. The Balaban J connectivity index is 1.70. The first-order valence-corrected chi connectivity index (χ1v) is 13.6. The van der Waals surface area contributed by atoms with Gasteiger partial charge < -0.3 is 9.64 Å². The Labute approximate surface area is 199 Å². The van der Waals surface area contributed by atoms with Crippen LogP contribution in [0.2, 0.25) is 10.0 Å². The fraction of sp³-hybridized carbons (Fsp3) is 0.167. The zero-order valence-corrected chi connectivity index (χ0v) is 20.3. The van der Waals surface area contributed by atoms with Gasteiger partial charge in [0.2, 0.25) is 0 Å². The summed E-state index contributed by atoms with van der Waals surface area (Å²) in [6, 6.07) is 6.82. The van der Waals surface area contributed by atoms with Gasteiger partial charge >= 0.3 is 0 Å². The third kappa shape index (κ3) is 4.59. The van der Waals surface area contributed by atoms with Crippen LogP contribution < -0.4 is 19.1 Å². The molecule has 32 heavy (non-hydrogen) atoms. The van der Waals surface area contributed by atoms with E-state index < -0.39 is 20.0 Å². The van der Waals surface area contributed by atoms with Crippen molar-refractivity contribution in [2.45, 2.75) is 9.10 Å². The van der Waals surface area contributed by atoms with Gasteiger partial charge in [0.05, 0.1) is 34.2 Å². The second kappa shape index (κ2) is 8.60. The number of benzene rings is 1. The van der Waals surface area contributed by atoms with Crippen LogP contribution in [-0.2, 0) is 20.0 Å². The number of hydrogen-bond donors (Lipinski definition) is 2. The van der Waals surface area contributed by atoms with Gasteiger partial charge in [-0.25, -0.2) is 21.8 Å². The number of sulfonamides is 2. The van der Waals surface area contributed by atoms with E-state index in [-0.39, 0.29) is 30.5 Å². The Kier molecular flexibility index (Phi) is 6.16. The highest BCUT2D eigenvalue weighted by Gasteiger charge is 2.25. The van der Waals surface area contributed by atoms with Crippen molar-refractivity contribution < 1.29 is 21.6 Å². The quantitative estimate of drug-likeness (QED) is 0.492. The largest absolute Gasteiger partial charge is 0.488 e.